The van der Waals surface area contributed by atoms with Gasteiger partial charge in [0.25, 0.3) is 0 Å². The molecule has 28 nitrogen and oxygen atoms in total. The first-order valence-electron chi connectivity index (χ1n) is 27.7. The van der Waals surface area contributed by atoms with Crippen molar-refractivity contribution in [2.24, 2.45) is 5.73 Å². The Kier molecular flexibility index (Phi) is 1170. The summed E-state index contributed by atoms with van der Waals surface area (Å²) in [7, 11) is 18.3. The van der Waals surface area contributed by atoms with Crippen LogP contribution in [0.2, 0.25) is 0 Å². The maximum absolute atomic E-state index is 9.51. The number of hydrogen-bond donors (Lipinski definition) is 12. The van der Waals surface area contributed by atoms with Crippen molar-refractivity contribution >= 4 is 102 Å². The van der Waals surface area contributed by atoms with E-state index in [1.807, 2.05) is 97.4 Å². The van der Waals surface area contributed by atoms with Gasteiger partial charge in [0.15, 0.2) is 0 Å². The Labute approximate surface area is 799 Å². The molecule has 36 heteroatoms. The second-order valence-electron chi connectivity index (χ2n) is 10.4. The summed E-state index contributed by atoms with van der Waals surface area (Å²) < 4.78 is 0. The molecule has 0 saturated carbocycles. The predicted octanol–water partition coefficient (Wildman–Crippen LogP) is 3.29. The number of carbonyl (C=O) groups excluding carboxylic acids is 16. The van der Waals surface area contributed by atoms with Crippen LogP contribution in [0.15, 0.2) is 0 Å². The van der Waals surface area contributed by atoms with E-state index in [2.05, 4.69) is 93.0 Å². The molecule has 0 saturated heterocycles. The first-order valence-corrected chi connectivity index (χ1v) is 27.7. The quantitative estimate of drug-likeness (QED) is 0.0339. The molecule has 0 aliphatic heterocycles. The zero-order chi connectivity index (χ0) is 76.3. The van der Waals surface area contributed by atoms with Crippen LogP contribution in [0.4, 0.5) is 0 Å². The van der Waals surface area contributed by atoms with Crippen LogP contribution >= 0.6 is 0 Å². The summed E-state index contributed by atoms with van der Waals surface area (Å²) in [5, 5.41) is 27.0. The third kappa shape index (κ3) is 1700. The maximum atomic E-state index is 9.51. The fourth-order valence-electron chi connectivity index (χ4n) is 0.983. The Morgan fingerprint density at radius 1 is 0.309 bits per heavy atom. The Hall–Kier alpha value is 2.11. The average molecular weight is 2010 g/mol. The molecule has 0 aromatic heterocycles. The van der Waals surface area contributed by atoms with Crippen LogP contribution in [-0.4, -0.2) is 219 Å². The molecular formula is C61H136N12O16Y8-16. The summed E-state index contributed by atoms with van der Waals surface area (Å²) >= 11 is 0. The van der Waals surface area contributed by atoms with Crippen molar-refractivity contribution < 1.29 is 338 Å². The normalized spacial score (nSPS) is 5.39. The van der Waals surface area contributed by atoms with Crippen LogP contribution in [-0.2, 0) is 338 Å². The van der Waals surface area contributed by atoms with Crippen molar-refractivity contribution in [3.05, 3.63) is 0 Å². The van der Waals surface area contributed by atoms with Gasteiger partial charge in [-0.1, -0.05) is 131 Å². The molecule has 0 aromatic carbocycles. The van der Waals surface area contributed by atoms with Crippen LogP contribution in [0.3, 0.4) is 0 Å². The van der Waals surface area contributed by atoms with Gasteiger partial charge in [-0.2, -0.15) is 79.0 Å². The molecule has 0 aliphatic rings. The maximum Gasteiger partial charge on any atom is 0 e. The van der Waals surface area contributed by atoms with Gasteiger partial charge in [-0.05, 0) is 117 Å². The molecule has 0 heterocycles. The van der Waals surface area contributed by atoms with Crippen molar-refractivity contribution in [3.8, 4) is 0 Å². The second kappa shape index (κ2) is 522. The van der Waals surface area contributed by atoms with Crippen molar-refractivity contribution in [3.63, 3.8) is 0 Å². The van der Waals surface area contributed by atoms with Gasteiger partial charge in [-0.3, -0.25) is 63.4 Å². The zero-order valence-corrected chi connectivity index (χ0v) is 87.9. The number of nitrogens with two attached hydrogens (primary N) is 1. The average Bonchev–Trinajstić information content (AvgIpc) is 3.56. The third-order valence-corrected chi connectivity index (χ3v) is 3.02. The summed E-state index contributed by atoms with van der Waals surface area (Å²) in [5.41, 5.74) is 5.04. The Bertz CT molecular complexity index is 854. The van der Waals surface area contributed by atoms with Crippen molar-refractivity contribution in [1.82, 2.24) is 58.5 Å². The molecular weight excluding hydrogens is 1870 g/mol. The first kappa shape index (κ1) is 218. The molecule has 0 spiro atoms. The topological polar surface area (TPSA) is 431 Å². The standard InChI is InChI=1S/2C5H10NO.2C4H8NO.C3H5O.2C3H8.6C2H4NO.2C2H7N.4C2H3O.4C2H6.CHO.CH4.8Y/c2*1-2-6-4-3-5-7;1-5-3-2-4-6;5-3-1-2-4-6;1-2-3-4;2*1-3-2;6*1-3-2-4;2*1-3-2;4*1-2-3;5*1-2;;;;;;;;;/h2*6H,2-4H2,1H3;5H,2-3H2,1H3;1-3,5H2;2H2,1H3;2*3H2,1-2H3;6*1H3,(H,3,4);2*3H,1-2H3;4*1H3;4*1-2H3;1H;1H4;;;;;;;;/q5*-1;;;6*-1;;;4*-1;;;;;-1;;;;;;;;;. The minimum absolute atomic E-state index is 0. The molecule has 6 amide bonds. The molecule has 13 N–H and O–H groups in total. The largest absolute Gasteiger partial charge is 0.545 e. The number of nitrogens with one attached hydrogen (secondary N) is 11. The summed E-state index contributed by atoms with van der Waals surface area (Å²) in [4.78, 5) is 143. The molecule has 0 aromatic rings. The van der Waals surface area contributed by atoms with E-state index in [0.717, 1.165) is 39.1 Å². The Balaban J connectivity index is -0.0000000143. The summed E-state index contributed by atoms with van der Waals surface area (Å²) in [5.74, 6) is 0. The monoisotopic (exact) mass is 2000 g/mol. The van der Waals surface area contributed by atoms with Gasteiger partial charge in [-0.25, -0.2) is 0 Å². The summed E-state index contributed by atoms with van der Waals surface area (Å²) in [6.45, 7) is 43.5. The summed E-state index contributed by atoms with van der Waals surface area (Å²) in [6.07, 6.45) is 29.1. The van der Waals surface area contributed by atoms with E-state index in [1.165, 1.54) is 146 Å². The molecule has 0 atom stereocenters. The van der Waals surface area contributed by atoms with Gasteiger partial charge < -0.3 is 141 Å². The Morgan fingerprint density at radius 3 is 0.485 bits per heavy atom. The number of amides is 6. The Morgan fingerprint density at radius 2 is 0.433 bits per heavy atom. The second-order valence-corrected chi connectivity index (χ2v) is 10.4. The van der Waals surface area contributed by atoms with E-state index >= 15 is 0 Å². The van der Waals surface area contributed by atoms with E-state index in [4.69, 9.17) is 63.3 Å². The fourth-order valence-corrected chi connectivity index (χ4v) is 0.983. The minimum atomic E-state index is 0. The van der Waals surface area contributed by atoms with Gasteiger partial charge in [-0.15, -0.1) is 19.3 Å². The van der Waals surface area contributed by atoms with Crippen LogP contribution < -0.4 is 64.2 Å². The van der Waals surface area contributed by atoms with E-state index < -0.39 is 0 Å². The van der Waals surface area contributed by atoms with Crippen LogP contribution in [0.25, 0.3) is 0 Å². The fraction of sp³-hybridized carbons (Fsp3) is 0.738. The van der Waals surface area contributed by atoms with Gasteiger partial charge >= 0.3 is 0 Å². The molecule has 576 valence electrons. The van der Waals surface area contributed by atoms with Crippen LogP contribution in [0.1, 0.15) is 190 Å². The van der Waals surface area contributed by atoms with E-state index in [1.54, 1.807) is 45.4 Å². The SMILES string of the molecule is C.CC.CC.CC.CC.CCC.CCC.CCNCC[C-]=O.CCNCC[C-]=O.CC[C-]=O.CNC.CNC.CNCC[C-]=O.CN[C-]=O.CN[C-]=O.CN[C-]=O.CN[C-]=O.CN[C-]=O.CN[C-]=O.C[C-]=O.C[C-]=O.C[C-]=O.C[C-]=O.NCCC[C-]=O.[CH-]=O.[Y].[Y].[Y].[Y].[Y].[Y].[Y].[Y]. The number of rotatable bonds is 21. The van der Waals surface area contributed by atoms with E-state index in [9.17, 15) is 19.2 Å². The minimum Gasteiger partial charge on any atom is -0.545 e. The number of unbranched alkanes of at least 4 members (excludes halogenated alkanes) is 1. The smallest absolute Gasteiger partial charge is 0 e. The van der Waals surface area contributed by atoms with Crippen molar-refractivity contribution in [1.29, 1.82) is 0 Å². The molecule has 0 rings (SSSR count). The van der Waals surface area contributed by atoms with Gasteiger partial charge in [0.2, 0.25) is 0 Å². The summed E-state index contributed by atoms with van der Waals surface area (Å²) in [6, 6.07) is 0. The van der Waals surface area contributed by atoms with Crippen molar-refractivity contribution in [2.45, 2.75) is 190 Å². The molecule has 0 aliphatic carbocycles. The van der Waals surface area contributed by atoms with Gasteiger partial charge in [0.1, 0.15) is 0 Å². The molecule has 97 heavy (non-hydrogen) atoms. The third-order valence-electron chi connectivity index (χ3n) is 3.02. The van der Waals surface area contributed by atoms with Crippen molar-refractivity contribution in [2.75, 3.05) is 117 Å². The van der Waals surface area contributed by atoms with Gasteiger partial charge in [0, 0.05) is 262 Å². The molecule has 0 bridgehead atoms. The first-order chi connectivity index (χ1) is 42.4. The van der Waals surface area contributed by atoms with Gasteiger partial charge in [0.05, 0.1) is 0 Å². The van der Waals surface area contributed by atoms with E-state index in [0.29, 0.717) is 38.6 Å². The van der Waals surface area contributed by atoms with Crippen LogP contribution in [0.5, 0.6) is 0 Å². The molecule has 0 fully saturated rings. The van der Waals surface area contributed by atoms with Crippen LogP contribution in [0, 0.1) is 0 Å². The molecule has 8 radical (unpaired) electrons. The number of hydrogen-bond acceptors (Lipinski definition) is 22. The molecule has 0 unspecified atom stereocenters. The zero-order valence-electron chi connectivity index (χ0n) is 65.2. The van der Waals surface area contributed by atoms with E-state index in [-0.39, 0.29) is 269 Å². The predicted molar refractivity (Wildman–Crippen MR) is 377 cm³/mol.